The summed E-state index contributed by atoms with van der Waals surface area (Å²) >= 11 is 0. The number of para-hydroxylation sites is 3. The average molecular weight is 831 g/mol. The van der Waals surface area contributed by atoms with E-state index in [2.05, 4.69) is 266 Å². The van der Waals surface area contributed by atoms with Crippen LogP contribution in [0.4, 0.5) is 17.1 Å². The summed E-state index contributed by atoms with van der Waals surface area (Å²) in [6, 6.07) is 88.6. The van der Waals surface area contributed by atoms with Gasteiger partial charge in [0.1, 0.15) is 0 Å². The second-order valence-corrected chi connectivity index (χ2v) is 17.8. The maximum atomic E-state index is 2.41. The van der Waals surface area contributed by atoms with Crippen LogP contribution < -0.4 is 4.90 Å². The Kier molecular flexibility index (Phi) is 9.21. The van der Waals surface area contributed by atoms with Crippen molar-refractivity contribution in [2.45, 2.75) is 19.3 Å². The minimum atomic E-state index is -0.146. The lowest BCUT2D eigenvalue weighted by Crippen LogP contribution is -2.16. The Hall–Kier alpha value is -8.20. The van der Waals surface area contributed by atoms with E-state index >= 15 is 0 Å². The first-order valence-corrected chi connectivity index (χ1v) is 22.6. The van der Waals surface area contributed by atoms with Crippen molar-refractivity contribution >= 4 is 38.9 Å². The lowest BCUT2D eigenvalue weighted by atomic mass is 9.81. The lowest BCUT2D eigenvalue weighted by molar-refractivity contribution is 0.660. The Morgan fingerprint density at radius 1 is 0.308 bits per heavy atom. The SMILES string of the molecule is CC1(C)c2cc(-c3ccccc3)ccc2-c2ccc(N(c3ccccc3)c3ccc(-c4ccc(-c5ccc(-c6ccc7c8ccccc8n(-c8ccccc8)c7c6)cc5)cc4)cc3)cc21. The smallest absolute Gasteiger partial charge is 0.0547 e. The molecule has 0 N–H and O–H groups in total. The van der Waals surface area contributed by atoms with Crippen molar-refractivity contribution in [2.24, 2.45) is 0 Å². The summed E-state index contributed by atoms with van der Waals surface area (Å²) in [5.74, 6) is 0. The third-order valence-electron chi connectivity index (χ3n) is 13.6. The number of nitrogens with zero attached hydrogens (tertiary/aromatic N) is 2. The van der Waals surface area contributed by atoms with E-state index in [-0.39, 0.29) is 5.41 Å². The van der Waals surface area contributed by atoms with Gasteiger partial charge < -0.3 is 9.47 Å². The van der Waals surface area contributed by atoms with Crippen LogP contribution in [-0.4, -0.2) is 4.57 Å². The minimum absolute atomic E-state index is 0.146. The van der Waals surface area contributed by atoms with Gasteiger partial charge in [-0.3, -0.25) is 0 Å². The molecule has 12 rings (SSSR count). The maximum Gasteiger partial charge on any atom is 0.0547 e. The molecule has 0 unspecified atom stereocenters. The van der Waals surface area contributed by atoms with E-state index in [0.717, 1.165) is 17.1 Å². The highest BCUT2D eigenvalue weighted by Gasteiger charge is 2.36. The Labute approximate surface area is 381 Å². The van der Waals surface area contributed by atoms with Gasteiger partial charge in [0.15, 0.2) is 0 Å². The van der Waals surface area contributed by atoms with Gasteiger partial charge in [-0.15, -0.1) is 0 Å². The molecule has 11 aromatic rings. The first-order chi connectivity index (χ1) is 32.0. The van der Waals surface area contributed by atoms with Gasteiger partial charge in [0.05, 0.1) is 11.0 Å². The lowest BCUT2D eigenvalue weighted by Gasteiger charge is -2.28. The number of anilines is 3. The highest BCUT2D eigenvalue weighted by atomic mass is 15.1. The molecule has 1 heterocycles. The number of aromatic nitrogens is 1. The molecule has 0 saturated heterocycles. The van der Waals surface area contributed by atoms with Crippen LogP contribution >= 0.6 is 0 Å². The Morgan fingerprint density at radius 3 is 1.37 bits per heavy atom. The normalized spacial score (nSPS) is 12.6. The summed E-state index contributed by atoms with van der Waals surface area (Å²) < 4.78 is 2.38. The number of hydrogen-bond donors (Lipinski definition) is 0. The largest absolute Gasteiger partial charge is 0.310 e. The molecule has 0 atom stereocenters. The standard InChI is InChI=1S/C63H46N2/c1-63(2)59-40-49(43-14-6-3-7-15-43)32-37-55(59)56-39-36-54(42-60(56)63)64(51-16-8-4-9-17-51)53-34-30-47(31-35-53)46-24-22-44(23-25-46)45-26-28-48(29-27-45)50-33-38-58-57-20-12-13-21-61(57)65(62(58)41-50)52-18-10-5-11-19-52/h3-42H,1-2H3. The molecule has 2 heteroatoms. The van der Waals surface area contributed by atoms with Gasteiger partial charge >= 0.3 is 0 Å². The van der Waals surface area contributed by atoms with E-state index in [4.69, 9.17) is 0 Å². The fourth-order valence-electron chi connectivity index (χ4n) is 10.2. The third-order valence-corrected chi connectivity index (χ3v) is 13.6. The number of rotatable bonds is 8. The Morgan fingerprint density at radius 2 is 0.723 bits per heavy atom. The van der Waals surface area contributed by atoms with Crippen molar-refractivity contribution in [3.05, 3.63) is 254 Å². The van der Waals surface area contributed by atoms with Gasteiger partial charge in [-0.05, 0) is 133 Å². The van der Waals surface area contributed by atoms with Crippen LogP contribution in [0.15, 0.2) is 243 Å². The maximum absolute atomic E-state index is 2.41. The van der Waals surface area contributed by atoms with Crippen LogP contribution in [0.1, 0.15) is 25.0 Å². The van der Waals surface area contributed by atoms with Crippen LogP contribution in [0.3, 0.4) is 0 Å². The van der Waals surface area contributed by atoms with Crippen molar-refractivity contribution in [1.82, 2.24) is 4.57 Å². The van der Waals surface area contributed by atoms with Gasteiger partial charge in [0.25, 0.3) is 0 Å². The Balaban J connectivity index is 0.810. The quantitative estimate of drug-likeness (QED) is 0.148. The highest BCUT2D eigenvalue weighted by molar-refractivity contribution is 6.10. The second-order valence-electron chi connectivity index (χ2n) is 17.8. The monoisotopic (exact) mass is 830 g/mol. The molecule has 1 aliphatic rings. The van der Waals surface area contributed by atoms with Crippen LogP contribution in [0, 0.1) is 0 Å². The minimum Gasteiger partial charge on any atom is -0.310 e. The van der Waals surface area contributed by atoms with Gasteiger partial charge in [-0.25, -0.2) is 0 Å². The highest BCUT2D eigenvalue weighted by Crippen LogP contribution is 2.51. The van der Waals surface area contributed by atoms with Gasteiger partial charge in [-0.2, -0.15) is 0 Å². The van der Waals surface area contributed by atoms with Gasteiger partial charge in [-0.1, -0.05) is 190 Å². The first-order valence-electron chi connectivity index (χ1n) is 22.6. The summed E-state index contributed by atoms with van der Waals surface area (Å²) in [4.78, 5) is 2.38. The van der Waals surface area contributed by atoms with Crippen molar-refractivity contribution in [3.8, 4) is 61.3 Å². The molecule has 1 aromatic heterocycles. The number of fused-ring (bicyclic) bond motifs is 6. The van der Waals surface area contributed by atoms with Crippen molar-refractivity contribution in [3.63, 3.8) is 0 Å². The average Bonchev–Trinajstić information content (AvgIpc) is 3.82. The fraction of sp³-hybridized carbons (Fsp3) is 0.0476. The molecule has 10 aromatic carbocycles. The molecule has 0 fully saturated rings. The molecular weight excluding hydrogens is 785 g/mol. The molecule has 0 amide bonds. The summed E-state index contributed by atoms with van der Waals surface area (Å²) in [5, 5.41) is 2.53. The van der Waals surface area contributed by atoms with E-state index in [0.29, 0.717) is 0 Å². The predicted octanol–water partition coefficient (Wildman–Crippen LogP) is 17.2. The van der Waals surface area contributed by atoms with Crippen LogP contribution in [-0.2, 0) is 5.41 Å². The summed E-state index contributed by atoms with van der Waals surface area (Å²) in [7, 11) is 0. The fourth-order valence-corrected chi connectivity index (χ4v) is 10.2. The van der Waals surface area contributed by atoms with Crippen molar-refractivity contribution < 1.29 is 0 Å². The van der Waals surface area contributed by atoms with Crippen molar-refractivity contribution in [2.75, 3.05) is 4.90 Å². The number of hydrogen-bond acceptors (Lipinski definition) is 1. The predicted molar refractivity (Wildman–Crippen MR) is 275 cm³/mol. The van der Waals surface area contributed by atoms with Crippen LogP contribution in [0.2, 0.25) is 0 Å². The van der Waals surface area contributed by atoms with Crippen molar-refractivity contribution in [1.29, 1.82) is 0 Å². The van der Waals surface area contributed by atoms with E-state index < -0.39 is 0 Å². The molecule has 0 aliphatic heterocycles. The zero-order valence-corrected chi connectivity index (χ0v) is 36.5. The molecular formula is C63H46N2. The molecule has 0 spiro atoms. The van der Waals surface area contributed by atoms with E-state index in [1.807, 2.05) is 0 Å². The van der Waals surface area contributed by atoms with Crippen LogP contribution in [0.5, 0.6) is 0 Å². The topological polar surface area (TPSA) is 8.17 Å². The summed E-state index contributed by atoms with van der Waals surface area (Å²) in [6.07, 6.45) is 0. The molecule has 0 saturated carbocycles. The second kappa shape index (κ2) is 15.6. The first kappa shape index (κ1) is 38.5. The van der Waals surface area contributed by atoms with Gasteiger partial charge in [0, 0.05) is 38.9 Å². The summed E-state index contributed by atoms with van der Waals surface area (Å²) in [5.41, 5.74) is 21.9. The zero-order chi connectivity index (χ0) is 43.5. The molecule has 308 valence electrons. The van der Waals surface area contributed by atoms with Gasteiger partial charge in [0.2, 0.25) is 0 Å². The molecule has 0 radical (unpaired) electrons. The number of benzene rings is 10. The molecule has 1 aliphatic carbocycles. The van der Waals surface area contributed by atoms with Crippen LogP contribution in [0.25, 0.3) is 83.1 Å². The van der Waals surface area contributed by atoms with E-state index in [1.54, 1.807) is 0 Å². The van der Waals surface area contributed by atoms with E-state index in [1.165, 1.54) is 94.3 Å². The third kappa shape index (κ3) is 6.65. The zero-order valence-electron chi connectivity index (χ0n) is 36.5. The molecule has 2 nitrogen and oxygen atoms in total. The summed E-state index contributed by atoms with van der Waals surface area (Å²) in [6.45, 7) is 4.73. The molecule has 65 heavy (non-hydrogen) atoms. The molecule has 0 bridgehead atoms. The van der Waals surface area contributed by atoms with E-state index in [9.17, 15) is 0 Å². The Bertz CT molecular complexity index is 3510.